The Morgan fingerprint density at radius 1 is 1.07 bits per heavy atom. The van der Waals surface area contributed by atoms with Gasteiger partial charge in [0.25, 0.3) is 0 Å². The lowest BCUT2D eigenvalue weighted by atomic mass is 9.80. The summed E-state index contributed by atoms with van der Waals surface area (Å²) in [7, 11) is 1.70. The Hall–Kier alpha value is -2.18. The summed E-state index contributed by atoms with van der Waals surface area (Å²) in [5, 5.41) is 0. The van der Waals surface area contributed by atoms with Crippen molar-refractivity contribution in [1.82, 2.24) is 9.21 Å². The molecule has 5 nitrogen and oxygen atoms in total. The topological polar surface area (TPSA) is 42.0 Å². The fourth-order valence-corrected chi connectivity index (χ4v) is 5.73. The third-order valence-corrected chi connectivity index (χ3v) is 7.10. The van der Waals surface area contributed by atoms with Crippen molar-refractivity contribution in [3.63, 3.8) is 0 Å². The van der Waals surface area contributed by atoms with Gasteiger partial charge in [-0.1, -0.05) is 24.3 Å². The van der Waals surface area contributed by atoms with Crippen molar-refractivity contribution in [3.05, 3.63) is 59.7 Å². The standard InChI is InChI=1S/C22H24N2O3S/c1-26-17-10-11-18-15(14-17)12-13-23-21(18)19-8-5-9-20(22(23)25)24(19)28-27-16-6-3-2-4-7-16/h2-4,6-7,10-11,14,19-21H,5,8-9,12-13H2,1H3. The predicted molar refractivity (Wildman–Crippen MR) is 109 cm³/mol. The molecule has 0 N–H and O–H groups in total. The molecule has 3 unspecified atom stereocenters. The minimum Gasteiger partial charge on any atom is -0.497 e. The number of methoxy groups -OCH3 is 1. The van der Waals surface area contributed by atoms with E-state index in [1.54, 1.807) is 7.11 Å². The van der Waals surface area contributed by atoms with Crippen LogP contribution in [0, 0.1) is 0 Å². The van der Waals surface area contributed by atoms with Gasteiger partial charge < -0.3 is 13.8 Å². The average Bonchev–Trinajstić information content (AvgIpc) is 2.75. The molecule has 2 aromatic carbocycles. The highest BCUT2D eigenvalue weighted by molar-refractivity contribution is 7.92. The zero-order chi connectivity index (χ0) is 19.1. The summed E-state index contributed by atoms with van der Waals surface area (Å²) in [6, 6.07) is 16.3. The number of carbonyl (C=O) groups is 1. The first-order chi connectivity index (χ1) is 13.8. The molecule has 0 saturated carbocycles. The minimum absolute atomic E-state index is 0.0885. The summed E-state index contributed by atoms with van der Waals surface area (Å²) in [6.07, 6.45) is 3.95. The van der Waals surface area contributed by atoms with Crippen molar-refractivity contribution in [2.75, 3.05) is 13.7 Å². The first-order valence-corrected chi connectivity index (χ1v) is 10.6. The zero-order valence-electron chi connectivity index (χ0n) is 15.9. The lowest BCUT2D eigenvalue weighted by Crippen LogP contribution is -2.64. The molecule has 3 atom stereocenters. The molecular weight excluding hydrogens is 372 g/mol. The van der Waals surface area contributed by atoms with E-state index < -0.39 is 0 Å². The van der Waals surface area contributed by atoms with Crippen molar-refractivity contribution in [1.29, 1.82) is 0 Å². The number of piperidine rings is 1. The number of amides is 1. The number of nitrogens with zero attached hydrogens (tertiary/aromatic N) is 2. The van der Waals surface area contributed by atoms with Gasteiger partial charge >= 0.3 is 0 Å². The zero-order valence-corrected chi connectivity index (χ0v) is 16.7. The molecule has 2 bridgehead atoms. The molecule has 0 aliphatic carbocycles. The molecule has 3 aliphatic rings. The second kappa shape index (κ2) is 7.33. The average molecular weight is 397 g/mol. The first kappa shape index (κ1) is 17.9. The second-order valence-electron chi connectivity index (χ2n) is 7.64. The Balaban J connectivity index is 1.46. The normalized spacial score (nSPS) is 26.4. The number of hydrogen-bond acceptors (Lipinski definition) is 5. The van der Waals surface area contributed by atoms with Gasteiger partial charge in [0, 0.05) is 12.6 Å². The molecule has 0 radical (unpaired) electrons. The van der Waals surface area contributed by atoms with Crippen molar-refractivity contribution in [2.24, 2.45) is 0 Å². The van der Waals surface area contributed by atoms with Gasteiger partial charge in [-0.25, -0.2) is 0 Å². The van der Waals surface area contributed by atoms with Crippen LogP contribution in [0.3, 0.4) is 0 Å². The monoisotopic (exact) mass is 396 g/mol. The predicted octanol–water partition coefficient (Wildman–Crippen LogP) is 4.00. The van der Waals surface area contributed by atoms with E-state index in [4.69, 9.17) is 8.92 Å². The van der Waals surface area contributed by atoms with E-state index in [9.17, 15) is 4.79 Å². The second-order valence-corrected chi connectivity index (χ2v) is 8.37. The maximum Gasteiger partial charge on any atom is 0.241 e. The van der Waals surface area contributed by atoms with Gasteiger partial charge in [-0.15, -0.1) is 0 Å². The van der Waals surface area contributed by atoms with E-state index in [1.807, 2.05) is 36.4 Å². The molecule has 3 aliphatic heterocycles. The fraction of sp³-hybridized carbons (Fsp3) is 0.409. The summed E-state index contributed by atoms with van der Waals surface area (Å²) >= 11 is 1.35. The molecule has 2 fully saturated rings. The summed E-state index contributed by atoms with van der Waals surface area (Å²) in [5.41, 5.74) is 2.56. The van der Waals surface area contributed by atoms with Crippen LogP contribution in [0.2, 0.25) is 0 Å². The van der Waals surface area contributed by atoms with Crippen LogP contribution in [0.5, 0.6) is 11.5 Å². The van der Waals surface area contributed by atoms with Crippen LogP contribution in [0.1, 0.15) is 36.4 Å². The van der Waals surface area contributed by atoms with Crippen LogP contribution >= 0.6 is 12.2 Å². The molecular formula is C22H24N2O3S. The molecule has 146 valence electrons. The number of ether oxygens (including phenoxy) is 1. The third-order valence-electron chi connectivity index (χ3n) is 6.13. The molecule has 0 spiro atoms. The van der Waals surface area contributed by atoms with E-state index >= 15 is 0 Å². The van der Waals surface area contributed by atoms with Crippen LogP contribution in [0.25, 0.3) is 0 Å². The fourth-order valence-electron chi connectivity index (χ4n) is 4.82. The van der Waals surface area contributed by atoms with E-state index in [0.29, 0.717) is 0 Å². The number of carbonyl (C=O) groups excluding carboxylic acids is 1. The maximum atomic E-state index is 13.3. The van der Waals surface area contributed by atoms with Gasteiger partial charge in [0.2, 0.25) is 5.91 Å². The quantitative estimate of drug-likeness (QED) is 0.577. The minimum atomic E-state index is -0.0940. The molecule has 28 heavy (non-hydrogen) atoms. The Bertz CT molecular complexity index is 875. The largest absolute Gasteiger partial charge is 0.497 e. The molecule has 3 heterocycles. The summed E-state index contributed by atoms with van der Waals surface area (Å²) < 4.78 is 13.6. The Labute approximate surface area is 169 Å². The SMILES string of the molecule is COc1ccc2c(c1)CCN1C(=O)C3CCCC(C21)N3SOc1ccccc1. The van der Waals surface area contributed by atoms with Crippen molar-refractivity contribution in [2.45, 2.75) is 43.8 Å². The van der Waals surface area contributed by atoms with Crippen LogP contribution < -0.4 is 8.92 Å². The summed E-state index contributed by atoms with van der Waals surface area (Å²) in [6.45, 7) is 0.786. The number of benzene rings is 2. The molecule has 6 heteroatoms. The molecule has 0 aromatic heterocycles. The van der Waals surface area contributed by atoms with Gasteiger partial charge in [0.05, 0.1) is 13.2 Å². The van der Waals surface area contributed by atoms with E-state index in [0.717, 1.165) is 43.7 Å². The highest BCUT2D eigenvalue weighted by Crippen LogP contribution is 2.47. The third kappa shape index (κ3) is 2.95. The lowest BCUT2D eigenvalue weighted by Gasteiger charge is -2.54. The van der Waals surface area contributed by atoms with Gasteiger partial charge in [0.1, 0.15) is 29.8 Å². The first-order valence-electron chi connectivity index (χ1n) is 9.91. The van der Waals surface area contributed by atoms with Crippen LogP contribution in [-0.2, 0) is 11.2 Å². The maximum absolute atomic E-state index is 13.3. The summed E-state index contributed by atoms with van der Waals surface area (Å²) in [5.74, 6) is 1.94. The van der Waals surface area contributed by atoms with Crippen molar-refractivity contribution < 1.29 is 13.7 Å². The lowest BCUT2D eigenvalue weighted by molar-refractivity contribution is -0.149. The molecule has 2 aromatic rings. The number of hydrogen-bond donors (Lipinski definition) is 0. The van der Waals surface area contributed by atoms with Crippen molar-refractivity contribution >= 4 is 18.1 Å². The Kier molecular flexibility index (Phi) is 4.69. The molecule has 1 amide bonds. The van der Waals surface area contributed by atoms with E-state index in [-0.39, 0.29) is 24.0 Å². The van der Waals surface area contributed by atoms with E-state index in [2.05, 4.69) is 21.3 Å². The number of para-hydroxylation sites is 1. The van der Waals surface area contributed by atoms with Gasteiger partial charge in [-0.2, -0.15) is 4.31 Å². The molecule has 5 rings (SSSR count). The highest BCUT2D eigenvalue weighted by atomic mass is 32.2. The molecule has 2 saturated heterocycles. The van der Waals surface area contributed by atoms with E-state index in [1.165, 1.54) is 23.4 Å². The van der Waals surface area contributed by atoms with Gasteiger partial charge in [0.15, 0.2) is 0 Å². The van der Waals surface area contributed by atoms with Gasteiger partial charge in [-0.05, 0) is 61.1 Å². The van der Waals surface area contributed by atoms with Gasteiger partial charge in [-0.3, -0.25) is 4.79 Å². The number of piperazine rings is 1. The number of rotatable bonds is 4. The number of fused-ring (bicyclic) bond motifs is 6. The smallest absolute Gasteiger partial charge is 0.241 e. The van der Waals surface area contributed by atoms with Crippen LogP contribution in [-0.4, -0.2) is 40.9 Å². The Morgan fingerprint density at radius 2 is 1.93 bits per heavy atom. The summed E-state index contributed by atoms with van der Waals surface area (Å²) in [4.78, 5) is 15.4. The van der Waals surface area contributed by atoms with Crippen LogP contribution in [0.4, 0.5) is 0 Å². The Morgan fingerprint density at radius 3 is 2.75 bits per heavy atom. The van der Waals surface area contributed by atoms with Crippen LogP contribution in [0.15, 0.2) is 48.5 Å². The highest BCUT2D eigenvalue weighted by Gasteiger charge is 2.51. The van der Waals surface area contributed by atoms with Crippen molar-refractivity contribution in [3.8, 4) is 11.5 Å².